The number of imide groups is 1. The van der Waals surface area contributed by atoms with E-state index in [9.17, 15) is 9.59 Å². The number of benzene rings is 2. The van der Waals surface area contributed by atoms with Crippen molar-refractivity contribution in [1.82, 2.24) is 0 Å². The summed E-state index contributed by atoms with van der Waals surface area (Å²) in [6, 6.07) is 14.0. The number of carbonyl (C=O) groups is 2. The standard InChI is InChI=1S/C23H19ClN2O4S/c1-13-6-7-14(24)11-17(13)26-22(27)20(19-5-4-10-31-19)21(23(26)28)25-16-12-15(29-2)8-9-18(16)30-3/h4-12,25H,1-3H3. The zero-order valence-electron chi connectivity index (χ0n) is 17.1. The average Bonchev–Trinajstić information content (AvgIpc) is 3.37. The molecule has 2 aromatic carbocycles. The Labute approximate surface area is 188 Å². The second kappa shape index (κ2) is 8.45. The maximum Gasteiger partial charge on any atom is 0.282 e. The van der Waals surface area contributed by atoms with E-state index in [-0.39, 0.29) is 5.70 Å². The molecule has 6 nitrogen and oxygen atoms in total. The summed E-state index contributed by atoms with van der Waals surface area (Å²) in [5, 5.41) is 5.42. The molecule has 2 heterocycles. The van der Waals surface area contributed by atoms with Crippen LogP contribution in [0.4, 0.5) is 11.4 Å². The van der Waals surface area contributed by atoms with Crippen LogP contribution in [-0.4, -0.2) is 26.0 Å². The van der Waals surface area contributed by atoms with Gasteiger partial charge in [0.2, 0.25) is 0 Å². The summed E-state index contributed by atoms with van der Waals surface area (Å²) in [4.78, 5) is 28.8. The van der Waals surface area contributed by atoms with Crippen LogP contribution in [0, 0.1) is 6.92 Å². The van der Waals surface area contributed by atoms with Crippen LogP contribution in [0.15, 0.2) is 59.6 Å². The first-order chi connectivity index (χ1) is 14.9. The van der Waals surface area contributed by atoms with E-state index in [0.29, 0.717) is 38.3 Å². The Bertz CT molecular complexity index is 1200. The molecule has 0 spiro atoms. The summed E-state index contributed by atoms with van der Waals surface area (Å²) in [6.45, 7) is 1.83. The van der Waals surface area contributed by atoms with Gasteiger partial charge < -0.3 is 14.8 Å². The molecule has 0 atom stereocenters. The predicted molar refractivity (Wildman–Crippen MR) is 123 cm³/mol. The molecule has 0 saturated carbocycles. The molecule has 1 aliphatic rings. The van der Waals surface area contributed by atoms with Gasteiger partial charge in [-0.3, -0.25) is 9.59 Å². The number of nitrogens with zero attached hydrogens (tertiary/aromatic N) is 1. The Balaban J connectivity index is 1.85. The van der Waals surface area contributed by atoms with E-state index in [1.807, 2.05) is 24.4 Å². The van der Waals surface area contributed by atoms with Crippen molar-refractivity contribution in [1.29, 1.82) is 0 Å². The van der Waals surface area contributed by atoms with Gasteiger partial charge in [0.25, 0.3) is 11.8 Å². The van der Waals surface area contributed by atoms with Gasteiger partial charge in [0.15, 0.2) is 0 Å². The van der Waals surface area contributed by atoms with E-state index < -0.39 is 11.8 Å². The minimum Gasteiger partial charge on any atom is -0.497 e. The zero-order chi connectivity index (χ0) is 22.1. The summed E-state index contributed by atoms with van der Waals surface area (Å²) in [5.41, 5.74) is 2.18. The fourth-order valence-electron chi connectivity index (χ4n) is 3.38. The Kier molecular flexibility index (Phi) is 5.71. The normalized spacial score (nSPS) is 13.7. The molecule has 31 heavy (non-hydrogen) atoms. The monoisotopic (exact) mass is 454 g/mol. The molecule has 0 radical (unpaired) electrons. The number of hydrogen-bond acceptors (Lipinski definition) is 6. The summed E-state index contributed by atoms with van der Waals surface area (Å²) in [7, 11) is 3.08. The summed E-state index contributed by atoms with van der Waals surface area (Å²) in [5.74, 6) is 0.211. The lowest BCUT2D eigenvalue weighted by Crippen LogP contribution is -2.33. The number of nitrogens with one attached hydrogen (secondary N) is 1. The molecule has 1 aromatic heterocycles. The van der Waals surface area contributed by atoms with Crippen LogP contribution < -0.4 is 19.7 Å². The van der Waals surface area contributed by atoms with Crippen LogP contribution in [0.5, 0.6) is 11.5 Å². The molecule has 1 N–H and O–H groups in total. The van der Waals surface area contributed by atoms with E-state index in [4.69, 9.17) is 21.1 Å². The number of rotatable bonds is 6. The third kappa shape index (κ3) is 3.78. The maximum atomic E-state index is 13.5. The van der Waals surface area contributed by atoms with Crippen LogP contribution in [0.1, 0.15) is 10.4 Å². The first-order valence-electron chi connectivity index (χ1n) is 9.36. The number of carbonyl (C=O) groups excluding carboxylic acids is 2. The molecule has 0 aliphatic carbocycles. The quantitative estimate of drug-likeness (QED) is 0.523. The first kappa shape index (κ1) is 21.0. The molecular formula is C23H19ClN2O4S. The second-order valence-corrected chi connectivity index (χ2v) is 8.18. The third-order valence-electron chi connectivity index (χ3n) is 4.93. The van der Waals surface area contributed by atoms with Crippen molar-refractivity contribution in [3.05, 3.63) is 75.1 Å². The smallest absolute Gasteiger partial charge is 0.282 e. The Hall–Kier alpha value is -3.29. The summed E-state index contributed by atoms with van der Waals surface area (Å²) >= 11 is 7.54. The molecule has 2 amide bonds. The van der Waals surface area contributed by atoms with Crippen molar-refractivity contribution >= 4 is 51.7 Å². The van der Waals surface area contributed by atoms with Gasteiger partial charge in [0.05, 0.1) is 31.2 Å². The molecular weight excluding hydrogens is 436 g/mol. The lowest BCUT2D eigenvalue weighted by atomic mass is 10.1. The van der Waals surface area contributed by atoms with E-state index in [1.165, 1.54) is 18.4 Å². The summed E-state index contributed by atoms with van der Waals surface area (Å²) in [6.07, 6.45) is 0. The SMILES string of the molecule is COc1ccc(OC)c(NC2=C(c3cccs3)C(=O)N(c3cc(Cl)ccc3C)C2=O)c1. The van der Waals surface area contributed by atoms with Crippen molar-refractivity contribution in [2.45, 2.75) is 6.92 Å². The van der Waals surface area contributed by atoms with E-state index in [2.05, 4.69) is 5.32 Å². The van der Waals surface area contributed by atoms with Crippen molar-refractivity contribution in [2.24, 2.45) is 0 Å². The highest BCUT2D eigenvalue weighted by Gasteiger charge is 2.41. The number of anilines is 2. The molecule has 158 valence electrons. The molecule has 4 rings (SSSR count). The van der Waals surface area contributed by atoms with Crippen LogP contribution in [0.25, 0.3) is 5.57 Å². The molecule has 0 unspecified atom stereocenters. The minimum absolute atomic E-state index is 0.165. The average molecular weight is 455 g/mol. The lowest BCUT2D eigenvalue weighted by molar-refractivity contribution is -0.120. The van der Waals surface area contributed by atoms with Gasteiger partial charge in [-0.05, 0) is 48.2 Å². The number of hydrogen-bond donors (Lipinski definition) is 1. The van der Waals surface area contributed by atoms with Crippen molar-refractivity contribution < 1.29 is 19.1 Å². The predicted octanol–water partition coefficient (Wildman–Crippen LogP) is 5.12. The Morgan fingerprint density at radius 3 is 2.48 bits per heavy atom. The molecule has 8 heteroatoms. The minimum atomic E-state index is -0.469. The number of methoxy groups -OCH3 is 2. The van der Waals surface area contributed by atoms with Crippen LogP contribution in [-0.2, 0) is 9.59 Å². The van der Waals surface area contributed by atoms with Gasteiger partial charge in [-0.15, -0.1) is 11.3 Å². The van der Waals surface area contributed by atoms with E-state index >= 15 is 0 Å². The topological polar surface area (TPSA) is 67.9 Å². The molecule has 0 bridgehead atoms. The highest BCUT2D eigenvalue weighted by Crippen LogP contribution is 2.39. The number of amides is 2. The Morgan fingerprint density at radius 1 is 1.00 bits per heavy atom. The van der Waals surface area contributed by atoms with Gasteiger partial charge >= 0.3 is 0 Å². The fourth-order valence-corrected chi connectivity index (χ4v) is 4.32. The zero-order valence-corrected chi connectivity index (χ0v) is 18.6. The fraction of sp³-hybridized carbons (Fsp3) is 0.130. The second-order valence-electron chi connectivity index (χ2n) is 6.80. The number of thiophene rings is 1. The Morgan fingerprint density at radius 2 is 1.81 bits per heavy atom. The van der Waals surface area contributed by atoms with Crippen molar-refractivity contribution in [3.63, 3.8) is 0 Å². The third-order valence-corrected chi connectivity index (χ3v) is 6.05. The van der Waals surface area contributed by atoms with Crippen LogP contribution in [0.3, 0.4) is 0 Å². The van der Waals surface area contributed by atoms with Crippen molar-refractivity contribution in [3.8, 4) is 11.5 Å². The maximum absolute atomic E-state index is 13.5. The highest BCUT2D eigenvalue weighted by molar-refractivity contribution is 7.11. The van der Waals surface area contributed by atoms with Gasteiger partial charge in [-0.1, -0.05) is 23.7 Å². The van der Waals surface area contributed by atoms with Crippen LogP contribution >= 0.6 is 22.9 Å². The molecule has 0 fully saturated rings. The molecule has 0 saturated heterocycles. The number of aryl methyl sites for hydroxylation is 1. The van der Waals surface area contributed by atoms with Gasteiger partial charge in [-0.25, -0.2) is 4.90 Å². The van der Waals surface area contributed by atoms with Gasteiger partial charge in [0.1, 0.15) is 17.2 Å². The lowest BCUT2D eigenvalue weighted by Gasteiger charge is -2.18. The number of ether oxygens (including phenoxy) is 2. The van der Waals surface area contributed by atoms with Gasteiger partial charge in [0, 0.05) is 16.0 Å². The van der Waals surface area contributed by atoms with Crippen LogP contribution in [0.2, 0.25) is 5.02 Å². The summed E-state index contributed by atoms with van der Waals surface area (Å²) < 4.78 is 10.7. The highest BCUT2D eigenvalue weighted by atomic mass is 35.5. The first-order valence-corrected chi connectivity index (χ1v) is 10.6. The number of halogens is 1. The van der Waals surface area contributed by atoms with Crippen molar-refractivity contribution in [2.75, 3.05) is 24.4 Å². The molecule has 3 aromatic rings. The van der Waals surface area contributed by atoms with Gasteiger partial charge in [-0.2, -0.15) is 0 Å². The largest absolute Gasteiger partial charge is 0.497 e. The van der Waals surface area contributed by atoms with E-state index in [0.717, 1.165) is 10.5 Å². The van der Waals surface area contributed by atoms with E-state index in [1.54, 1.807) is 43.5 Å². The molecule has 1 aliphatic heterocycles.